The molecule has 0 bridgehead atoms. The Labute approximate surface area is 430 Å². The van der Waals surface area contributed by atoms with Crippen molar-refractivity contribution in [3.8, 4) is 0 Å². The first-order valence-corrected chi connectivity index (χ1v) is 28.3. The summed E-state index contributed by atoms with van der Waals surface area (Å²) in [7, 11) is 0. The molecule has 3 heterocycles. The fourth-order valence-corrected chi connectivity index (χ4v) is 9.96. The molecule has 19 heteroatoms. The highest BCUT2D eigenvalue weighted by atomic mass is 16.8. The lowest BCUT2D eigenvalue weighted by molar-refractivity contribution is -0.379. The quantitative estimate of drug-likeness (QED) is 0.0389. The highest BCUT2D eigenvalue weighted by Crippen LogP contribution is 2.33. The van der Waals surface area contributed by atoms with Gasteiger partial charge in [-0.1, -0.05) is 181 Å². The lowest BCUT2D eigenvalue weighted by Gasteiger charge is -2.48. The number of aliphatic hydroxyl groups is 11. The minimum absolute atomic E-state index is 0.248. The van der Waals surface area contributed by atoms with Gasteiger partial charge in [-0.05, 0) is 12.8 Å². The average Bonchev–Trinajstić information content (AvgIpc) is 3.38. The number of nitrogens with one attached hydrogen (secondary N) is 1. The van der Waals surface area contributed by atoms with E-state index in [9.17, 15) is 61.0 Å². The van der Waals surface area contributed by atoms with Crippen molar-refractivity contribution in [1.29, 1.82) is 0 Å². The first kappa shape index (κ1) is 65.1. The van der Waals surface area contributed by atoms with E-state index < -0.39 is 124 Å². The third-order valence-corrected chi connectivity index (χ3v) is 14.7. The number of unbranched alkanes of at least 4 members (excludes halogenated alkanes) is 25. The minimum Gasteiger partial charge on any atom is -0.394 e. The van der Waals surface area contributed by atoms with Gasteiger partial charge in [0, 0.05) is 6.42 Å². The molecule has 17 atom stereocenters. The summed E-state index contributed by atoms with van der Waals surface area (Å²) in [5.74, 6) is -0.248. The lowest BCUT2D eigenvalue weighted by Crippen LogP contribution is -2.66. The van der Waals surface area contributed by atoms with E-state index in [1.165, 1.54) is 122 Å². The molecule has 426 valence electrons. The summed E-state index contributed by atoms with van der Waals surface area (Å²) in [5.41, 5.74) is 0. The van der Waals surface area contributed by atoms with E-state index in [1.54, 1.807) is 0 Å². The fraction of sp³-hybridized carbons (Fsp3) is 0.981. The number of hydrogen-bond acceptors (Lipinski definition) is 18. The Morgan fingerprint density at radius 1 is 0.444 bits per heavy atom. The molecule has 0 aromatic rings. The summed E-state index contributed by atoms with van der Waals surface area (Å²) in [4.78, 5) is 13.2. The Bertz CT molecular complexity index is 1340. The van der Waals surface area contributed by atoms with Gasteiger partial charge >= 0.3 is 0 Å². The molecule has 3 aliphatic rings. The Kier molecular flexibility index (Phi) is 34.7. The van der Waals surface area contributed by atoms with Crippen LogP contribution in [-0.2, 0) is 33.2 Å². The van der Waals surface area contributed by atoms with Crippen molar-refractivity contribution in [1.82, 2.24) is 5.32 Å². The molecule has 3 rings (SSSR count). The fourth-order valence-electron chi connectivity index (χ4n) is 9.96. The van der Waals surface area contributed by atoms with Crippen LogP contribution in [0.3, 0.4) is 0 Å². The van der Waals surface area contributed by atoms with Gasteiger partial charge in [-0.25, -0.2) is 0 Å². The van der Waals surface area contributed by atoms with Crippen LogP contribution in [0.1, 0.15) is 200 Å². The first-order valence-electron chi connectivity index (χ1n) is 28.3. The van der Waals surface area contributed by atoms with Crippen molar-refractivity contribution >= 4 is 5.91 Å². The maximum Gasteiger partial charge on any atom is 0.220 e. The Morgan fingerprint density at radius 3 is 1.21 bits per heavy atom. The first-order chi connectivity index (χ1) is 34.8. The highest BCUT2D eigenvalue weighted by molar-refractivity contribution is 5.76. The third-order valence-electron chi connectivity index (χ3n) is 14.7. The van der Waals surface area contributed by atoms with Gasteiger partial charge in [-0.15, -0.1) is 0 Å². The van der Waals surface area contributed by atoms with Gasteiger partial charge < -0.3 is 89.9 Å². The predicted molar refractivity (Wildman–Crippen MR) is 268 cm³/mol. The van der Waals surface area contributed by atoms with Crippen LogP contribution in [0.5, 0.6) is 0 Å². The molecule has 0 aromatic carbocycles. The average molecular weight is 1040 g/mol. The number of ether oxygens (including phenoxy) is 6. The standard InChI is InChI=1S/C53H101NO18/c1-3-5-7-9-10-11-12-13-14-15-16-17-18-19-20-21-22-23-24-25-26-27-29-31-41(59)54-36(37(58)30-28-8-6-4-2)35-67-51-47(65)44(62)49(39(33-56)69-51)72-53-48(66)45(63)50(40(34-57)70-53)71-52-46(64)43(61)42(60)38(32-55)68-52/h36-40,42-53,55-58,60-66H,3-35H2,1-2H3,(H,54,59). The second-order valence-electron chi connectivity index (χ2n) is 20.8. The van der Waals surface area contributed by atoms with E-state index in [1.807, 2.05) is 0 Å². The summed E-state index contributed by atoms with van der Waals surface area (Å²) in [6.07, 6.45) is 7.34. The van der Waals surface area contributed by atoms with Crippen molar-refractivity contribution in [3.05, 3.63) is 0 Å². The highest BCUT2D eigenvalue weighted by Gasteiger charge is 2.53. The van der Waals surface area contributed by atoms with Crippen LogP contribution in [0.4, 0.5) is 0 Å². The lowest BCUT2D eigenvalue weighted by atomic mass is 9.96. The summed E-state index contributed by atoms with van der Waals surface area (Å²) in [6, 6.07) is -0.876. The van der Waals surface area contributed by atoms with E-state index in [0.29, 0.717) is 12.8 Å². The van der Waals surface area contributed by atoms with Crippen molar-refractivity contribution < 1.29 is 89.4 Å². The van der Waals surface area contributed by atoms with Gasteiger partial charge in [-0.2, -0.15) is 0 Å². The maximum atomic E-state index is 13.2. The number of rotatable bonds is 41. The molecule has 72 heavy (non-hydrogen) atoms. The second kappa shape index (κ2) is 38.4. The van der Waals surface area contributed by atoms with Gasteiger partial charge in [0.2, 0.25) is 5.91 Å². The molecule has 0 radical (unpaired) electrons. The number of amides is 1. The molecule has 3 aliphatic heterocycles. The zero-order valence-electron chi connectivity index (χ0n) is 43.9. The molecule has 19 nitrogen and oxygen atoms in total. The molecular formula is C53H101NO18. The maximum absolute atomic E-state index is 13.2. The van der Waals surface area contributed by atoms with Gasteiger partial charge in [-0.3, -0.25) is 4.79 Å². The molecule has 0 aliphatic carbocycles. The third kappa shape index (κ3) is 23.2. The van der Waals surface area contributed by atoms with E-state index in [-0.39, 0.29) is 18.9 Å². The van der Waals surface area contributed by atoms with Crippen LogP contribution in [0.25, 0.3) is 0 Å². The smallest absolute Gasteiger partial charge is 0.220 e. The molecule has 0 aromatic heterocycles. The Morgan fingerprint density at radius 2 is 0.792 bits per heavy atom. The molecule has 3 fully saturated rings. The molecule has 0 saturated carbocycles. The SMILES string of the molecule is CCCCCCCCCCCCCCCCCCCCCCCCCC(=O)NC(COC1OC(CO)C(OC2OC(CO)C(OC3OC(CO)C(O)C(O)C3O)C(O)C2O)C(O)C1O)C(O)CCCCCC. The molecular weight excluding hydrogens is 939 g/mol. The van der Waals surface area contributed by atoms with Crippen LogP contribution < -0.4 is 5.32 Å². The Balaban J connectivity index is 1.37. The number of carbonyl (C=O) groups excluding carboxylic acids is 1. The van der Waals surface area contributed by atoms with Crippen LogP contribution in [-0.4, -0.2) is 193 Å². The van der Waals surface area contributed by atoms with E-state index in [2.05, 4.69) is 19.2 Å². The summed E-state index contributed by atoms with van der Waals surface area (Å²) in [6.45, 7) is 1.65. The summed E-state index contributed by atoms with van der Waals surface area (Å²) < 4.78 is 34.0. The van der Waals surface area contributed by atoms with Gasteiger partial charge in [0.05, 0.1) is 38.6 Å². The van der Waals surface area contributed by atoms with Crippen molar-refractivity contribution in [2.24, 2.45) is 0 Å². The van der Waals surface area contributed by atoms with E-state index >= 15 is 0 Å². The van der Waals surface area contributed by atoms with Crippen molar-refractivity contribution in [2.75, 3.05) is 26.4 Å². The zero-order chi connectivity index (χ0) is 52.7. The van der Waals surface area contributed by atoms with Crippen molar-refractivity contribution in [3.63, 3.8) is 0 Å². The molecule has 3 saturated heterocycles. The summed E-state index contributed by atoms with van der Waals surface area (Å²) in [5, 5.41) is 119. The van der Waals surface area contributed by atoms with Gasteiger partial charge in [0.1, 0.15) is 73.2 Å². The minimum atomic E-state index is -1.97. The molecule has 0 spiro atoms. The number of carbonyl (C=O) groups is 1. The monoisotopic (exact) mass is 1040 g/mol. The van der Waals surface area contributed by atoms with Crippen molar-refractivity contribution in [2.45, 2.75) is 304 Å². The van der Waals surface area contributed by atoms with Crippen LogP contribution >= 0.6 is 0 Å². The van der Waals surface area contributed by atoms with E-state index in [4.69, 9.17) is 28.4 Å². The molecule has 17 unspecified atom stereocenters. The second-order valence-corrected chi connectivity index (χ2v) is 20.8. The topological polar surface area (TPSA) is 307 Å². The van der Waals surface area contributed by atoms with Crippen LogP contribution in [0, 0.1) is 0 Å². The molecule has 12 N–H and O–H groups in total. The van der Waals surface area contributed by atoms with Crippen LogP contribution in [0.2, 0.25) is 0 Å². The Hall–Kier alpha value is -1.21. The normalized spacial score (nSPS) is 31.9. The largest absolute Gasteiger partial charge is 0.394 e. The zero-order valence-corrected chi connectivity index (χ0v) is 43.9. The predicted octanol–water partition coefficient (Wildman–Crippen LogP) is 3.65. The number of aliphatic hydroxyl groups excluding tert-OH is 11. The summed E-state index contributed by atoms with van der Waals surface area (Å²) >= 11 is 0. The van der Waals surface area contributed by atoms with Gasteiger partial charge in [0.15, 0.2) is 18.9 Å². The van der Waals surface area contributed by atoms with Crippen LogP contribution in [0.15, 0.2) is 0 Å². The number of hydrogen-bond donors (Lipinski definition) is 12. The van der Waals surface area contributed by atoms with Gasteiger partial charge in [0.25, 0.3) is 0 Å². The molecule has 1 amide bonds. The van der Waals surface area contributed by atoms with E-state index in [0.717, 1.165) is 44.9 Å².